The maximum atomic E-state index is 12.9. The largest absolute Gasteiger partial charge is 0.481 e. The molecule has 5 rings (SSSR count). The minimum atomic E-state index is -0.835. The van der Waals surface area contributed by atoms with Gasteiger partial charge in [-0.3, -0.25) is 9.59 Å². The van der Waals surface area contributed by atoms with Gasteiger partial charge in [-0.1, -0.05) is 55.0 Å². The van der Waals surface area contributed by atoms with Gasteiger partial charge in [0.1, 0.15) is 6.61 Å². The van der Waals surface area contributed by atoms with Crippen LogP contribution in [0.4, 0.5) is 4.79 Å². The molecule has 0 aromatic heterocycles. The number of hydrogen-bond donors (Lipinski definition) is 2. The number of piperidine rings is 1. The van der Waals surface area contributed by atoms with Crippen LogP contribution < -0.4 is 5.32 Å². The first-order valence-corrected chi connectivity index (χ1v) is 12.6. The molecule has 2 aliphatic carbocycles. The Bertz CT molecular complexity index is 1080. The summed E-state index contributed by atoms with van der Waals surface area (Å²) in [4.78, 5) is 38.6. The fourth-order valence-corrected chi connectivity index (χ4v) is 5.84. The smallest absolute Gasteiger partial charge is 0.407 e. The van der Waals surface area contributed by atoms with Crippen LogP contribution in [0.5, 0.6) is 0 Å². The Morgan fingerprint density at radius 1 is 1.00 bits per heavy atom. The van der Waals surface area contributed by atoms with Crippen molar-refractivity contribution < 1.29 is 24.2 Å². The van der Waals surface area contributed by atoms with Crippen molar-refractivity contribution in [1.29, 1.82) is 0 Å². The zero-order valence-corrected chi connectivity index (χ0v) is 19.9. The van der Waals surface area contributed by atoms with Crippen LogP contribution in [0.15, 0.2) is 48.5 Å². The van der Waals surface area contributed by atoms with Crippen molar-refractivity contribution in [2.45, 2.75) is 44.4 Å². The zero-order chi connectivity index (χ0) is 24.4. The van der Waals surface area contributed by atoms with E-state index in [9.17, 15) is 19.5 Å². The van der Waals surface area contributed by atoms with Crippen molar-refractivity contribution >= 4 is 18.0 Å². The predicted octanol–water partition coefficient (Wildman–Crippen LogP) is 4.41. The van der Waals surface area contributed by atoms with E-state index in [2.05, 4.69) is 29.6 Å². The highest BCUT2D eigenvalue weighted by atomic mass is 16.5. The minimum absolute atomic E-state index is 0.00803. The molecule has 1 saturated carbocycles. The van der Waals surface area contributed by atoms with Crippen molar-refractivity contribution in [3.8, 4) is 11.1 Å². The molecule has 7 nitrogen and oxygen atoms in total. The van der Waals surface area contributed by atoms with Crippen molar-refractivity contribution in [3.63, 3.8) is 0 Å². The van der Waals surface area contributed by atoms with Gasteiger partial charge in [-0.15, -0.1) is 0 Å². The van der Waals surface area contributed by atoms with Crippen LogP contribution in [-0.4, -0.2) is 54.2 Å². The van der Waals surface area contributed by atoms with Crippen LogP contribution in [0.2, 0.25) is 0 Å². The SMILES string of the molecule is O=C(NCC1(CC(=O)N2CCC[C@@H](C(=O)O)C2)CCC1)OCC1c2ccccc2-c2ccccc21. The number of aliphatic carboxylic acids is 1. The summed E-state index contributed by atoms with van der Waals surface area (Å²) in [5, 5.41) is 12.2. The summed E-state index contributed by atoms with van der Waals surface area (Å²) in [6, 6.07) is 16.5. The fourth-order valence-electron chi connectivity index (χ4n) is 5.84. The molecule has 1 aliphatic heterocycles. The first kappa shape index (κ1) is 23.4. The number of nitrogens with zero attached hydrogens (tertiary/aromatic N) is 1. The molecule has 2 aromatic carbocycles. The monoisotopic (exact) mass is 476 g/mol. The second-order valence-electron chi connectivity index (χ2n) is 10.2. The normalized spacial score (nSPS) is 20.3. The van der Waals surface area contributed by atoms with Gasteiger partial charge in [-0.05, 0) is 53.4 Å². The Hall–Kier alpha value is -3.35. The lowest BCUT2D eigenvalue weighted by atomic mass is 9.66. The van der Waals surface area contributed by atoms with E-state index in [1.165, 1.54) is 22.3 Å². The number of amides is 2. The Morgan fingerprint density at radius 3 is 2.26 bits per heavy atom. The number of likely N-dealkylation sites (tertiary alicyclic amines) is 1. The lowest BCUT2D eigenvalue weighted by Gasteiger charge is -2.43. The maximum Gasteiger partial charge on any atom is 0.407 e. The Labute approximate surface area is 205 Å². The molecule has 184 valence electrons. The van der Waals surface area contributed by atoms with Crippen molar-refractivity contribution in [3.05, 3.63) is 59.7 Å². The van der Waals surface area contributed by atoms with E-state index in [-0.39, 0.29) is 30.4 Å². The average molecular weight is 477 g/mol. The lowest BCUT2D eigenvalue weighted by molar-refractivity contribution is -0.146. The number of rotatable bonds is 7. The number of fused-ring (bicyclic) bond motifs is 3. The minimum Gasteiger partial charge on any atom is -0.481 e. The second kappa shape index (κ2) is 9.72. The van der Waals surface area contributed by atoms with Gasteiger partial charge in [0.05, 0.1) is 5.92 Å². The van der Waals surface area contributed by atoms with E-state index in [1.54, 1.807) is 4.90 Å². The highest BCUT2D eigenvalue weighted by Gasteiger charge is 2.41. The summed E-state index contributed by atoms with van der Waals surface area (Å²) in [5.41, 5.74) is 4.45. The molecule has 0 radical (unpaired) electrons. The average Bonchev–Trinajstić information content (AvgIpc) is 3.18. The molecule has 0 bridgehead atoms. The van der Waals surface area contributed by atoms with E-state index in [1.807, 2.05) is 24.3 Å². The van der Waals surface area contributed by atoms with E-state index in [0.717, 1.165) is 19.3 Å². The molecule has 1 heterocycles. The zero-order valence-electron chi connectivity index (χ0n) is 19.9. The molecule has 2 N–H and O–H groups in total. The van der Waals surface area contributed by atoms with Gasteiger partial charge in [-0.25, -0.2) is 4.79 Å². The highest BCUT2D eigenvalue weighted by molar-refractivity contribution is 5.80. The number of carbonyl (C=O) groups excluding carboxylic acids is 2. The van der Waals surface area contributed by atoms with E-state index >= 15 is 0 Å². The molecule has 0 unspecified atom stereocenters. The number of nitrogens with one attached hydrogen (secondary N) is 1. The second-order valence-corrected chi connectivity index (χ2v) is 10.2. The topological polar surface area (TPSA) is 95.9 Å². The third kappa shape index (κ3) is 4.77. The van der Waals surface area contributed by atoms with Crippen molar-refractivity contribution in [2.75, 3.05) is 26.2 Å². The molecule has 2 amide bonds. The Balaban J connectivity index is 1.15. The molecular formula is C28H32N2O5. The standard InChI is InChI=1S/C28H32N2O5/c31-25(30-14-5-7-19(16-30)26(32)33)15-28(12-6-13-28)18-29-27(34)35-17-24-22-10-3-1-8-20(22)21-9-2-4-11-23(21)24/h1-4,8-11,19,24H,5-7,12-18H2,(H,29,34)(H,32,33)/t19-/m1/s1. The molecule has 0 spiro atoms. The highest BCUT2D eigenvalue weighted by Crippen LogP contribution is 2.45. The van der Waals surface area contributed by atoms with Crippen molar-refractivity contribution in [2.24, 2.45) is 11.3 Å². The number of hydrogen-bond acceptors (Lipinski definition) is 4. The summed E-state index contributed by atoms with van der Waals surface area (Å²) in [6.07, 6.45) is 3.98. The predicted molar refractivity (Wildman–Crippen MR) is 131 cm³/mol. The summed E-state index contributed by atoms with van der Waals surface area (Å²) < 4.78 is 5.65. The van der Waals surface area contributed by atoms with Crippen LogP contribution >= 0.6 is 0 Å². The van der Waals surface area contributed by atoms with Crippen molar-refractivity contribution in [1.82, 2.24) is 10.2 Å². The van der Waals surface area contributed by atoms with Crippen LogP contribution in [0.25, 0.3) is 11.1 Å². The third-order valence-corrected chi connectivity index (χ3v) is 8.02. The van der Waals surface area contributed by atoms with Gasteiger partial charge in [0.25, 0.3) is 0 Å². The fraction of sp³-hybridized carbons (Fsp3) is 0.464. The van der Waals surface area contributed by atoms with Crippen LogP contribution in [-0.2, 0) is 14.3 Å². The number of carboxylic acids is 1. The summed E-state index contributed by atoms with van der Waals surface area (Å²) in [7, 11) is 0. The first-order chi connectivity index (χ1) is 17.0. The summed E-state index contributed by atoms with van der Waals surface area (Å²) >= 11 is 0. The number of ether oxygens (including phenoxy) is 1. The number of benzene rings is 2. The van der Waals surface area contributed by atoms with Gasteiger partial charge in [-0.2, -0.15) is 0 Å². The van der Waals surface area contributed by atoms with E-state index in [0.29, 0.717) is 32.4 Å². The Kier molecular flexibility index (Phi) is 6.50. The molecule has 7 heteroatoms. The van der Waals surface area contributed by atoms with Crippen LogP contribution in [0.1, 0.15) is 55.6 Å². The molecular weight excluding hydrogens is 444 g/mol. The quantitative estimate of drug-likeness (QED) is 0.617. The Morgan fingerprint density at radius 2 is 1.66 bits per heavy atom. The number of carboxylic acid groups (broad SMARTS) is 1. The number of alkyl carbamates (subject to hydrolysis) is 1. The summed E-state index contributed by atoms with van der Waals surface area (Å²) in [5.74, 6) is -1.32. The maximum absolute atomic E-state index is 12.9. The summed E-state index contributed by atoms with van der Waals surface area (Å²) in [6.45, 7) is 1.55. The molecule has 3 aliphatic rings. The van der Waals surface area contributed by atoms with Gasteiger partial charge in [0, 0.05) is 32.0 Å². The molecule has 2 fully saturated rings. The van der Waals surface area contributed by atoms with Gasteiger partial charge < -0.3 is 20.1 Å². The molecule has 35 heavy (non-hydrogen) atoms. The van der Waals surface area contributed by atoms with Gasteiger partial charge in [0.15, 0.2) is 0 Å². The molecule has 2 aromatic rings. The molecule has 1 atom stereocenters. The van der Waals surface area contributed by atoms with Gasteiger partial charge in [0.2, 0.25) is 5.91 Å². The lowest BCUT2D eigenvalue weighted by Crippen LogP contribution is -2.48. The van der Waals surface area contributed by atoms with E-state index < -0.39 is 18.0 Å². The van der Waals surface area contributed by atoms with Gasteiger partial charge >= 0.3 is 12.1 Å². The van der Waals surface area contributed by atoms with Crippen LogP contribution in [0, 0.1) is 11.3 Å². The molecule has 1 saturated heterocycles. The number of carbonyl (C=O) groups is 3. The van der Waals surface area contributed by atoms with Crippen LogP contribution in [0.3, 0.4) is 0 Å². The van der Waals surface area contributed by atoms with E-state index in [4.69, 9.17) is 4.74 Å². The first-order valence-electron chi connectivity index (χ1n) is 12.6. The third-order valence-electron chi connectivity index (χ3n) is 8.02.